The van der Waals surface area contributed by atoms with Crippen LogP contribution >= 0.6 is 11.6 Å². The number of anilines is 1. The van der Waals surface area contributed by atoms with E-state index in [0.717, 1.165) is 0 Å². The van der Waals surface area contributed by atoms with Crippen molar-refractivity contribution in [2.45, 2.75) is 25.2 Å². The van der Waals surface area contributed by atoms with Gasteiger partial charge in [-0.3, -0.25) is 9.59 Å². The predicted molar refractivity (Wildman–Crippen MR) is 115 cm³/mol. The molecule has 30 heavy (non-hydrogen) atoms. The van der Waals surface area contributed by atoms with Crippen LogP contribution in [0.5, 0.6) is 5.75 Å². The number of amides is 2. The molecule has 0 atom stereocenters. The summed E-state index contributed by atoms with van der Waals surface area (Å²) >= 11 is 6.16. The van der Waals surface area contributed by atoms with E-state index in [9.17, 15) is 18.0 Å². The molecule has 0 saturated carbocycles. The van der Waals surface area contributed by atoms with Gasteiger partial charge in [0.25, 0.3) is 5.91 Å². The van der Waals surface area contributed by atoms with Crippen molar-refractivity contribution in [3.8, 4) is 5.75 Å². The number of sulfonamides is 1. The fraction of sp³-hybridized carbons (Fsp3) is 0.300. The number of carbonyl (C=O) groups is 2. The lowest BCUT2D eigenvalue weighted by Crippen LogP contribution is -2.30. The van der Waals surface area contributed by atoms with E-state index in [0.29, 0.717) is 24.5 Å². The van der Waals surface area contributed by atoms with Crippen LogP contribution in [0.3, 0.4) is 0 Å². The number of nitrogens with one attached hydrogen (secondary N) is 1. The highest BCUT2D eigenvalue weighted by molar-refractivity contribution is 7.89. The van der Waals surface area contributed by atoms with E-state index in [1.165, 1.54) is 22.5 Å². The number of nitrogens with two attached hydrogens (primary N) is 1. The van der Waals surface area contributed by atoms with Gasteiger partial charge in [-0.2, -0.15) is 4.31 Å². The first-order valence-corrected chi connectivity index (χ1v) is 11.1. The Balaban J connectivity index is 2.29. The minimum absolute atomic E-state index is 0.0110. The molecular weight excluding hydrogens is 430 g/mol. The highest BCUT2D eigenvalue weighted by Gasteiger charge is 2.24. The Bertz CT molecular complexity index is 1020. The normalized spacial score (nSPS) is 11.3. The van der Waals surface area contributed by atoms with E-state index in [-0.39, 0.29) is 28.5 Å². The number of carbonyl (C=O) groups excluding carboxylic acids is 2. The molecule has 0 heterocycles. The van der Waals surface area contributed by atoms with E-state index in [1.54, 1.807) is 38.1 Å². The van der Waals surface area contributed by atoms with Crippen molar-refractivity contribution in [2.75, 3.05) is 25.0 Å². The Hall–Kier alpha value is -2.62. The molecule has 2 aromatic carbocycles. The fourth-order valence-electron chi connectivity index (χ4n) is 2.70. The highest BCUT2D eigenvalue weighted by Crippen LogP contribution is 2.27. The monoisotopic (exact) mass is 453 g/mol. The highest BCUT2D eigenvalue weighted by atomic mass is 35.5. The van der Waals surface area contributed by atoms with Gasteiger partial charge in [-0.05, 0) is 30.3 Å². The summed E-state index contributed by atoms with van der Waals surface area (Å²) in [5.74, 6) is -0.757. The molecule has 0 aliphatic rings. The van der Waals surface area contributed by atoms with Crippen molar-refractivity contribution in [3.05, 3.63) is 53.1 Å². The topological polar surface area (TPSA) is 119 Å². The number of nitrogens with zero attached hydrogens (tertiary/aromatic N) is 1. The lowest BCUT2D eigenvalue weighted by atomic mass is 10.2. The molecule has 2 aromatic rings. The lowest BCUT2D eigenvalue weighted by Gasteiger charge is -2.19. The summed E-state index contributed by atoms with van der Waals surface area (Å²) in [6.45, 7) is 4.14. The predicted octanol–water partition coefficient (Wildman–Crippen LogP) is 2.88. The van der Waals surface area contributed by atoms with Gasteiger partial charge >= 0.3 is 0 Å². The SMILES string of the molecule is CCN(CC)S(=O)(=O)c1ccc(Cl)c(C(=O)Nc2ccccc2OCCC(N)=O)c1. The zero-order valence-corrected chi connectivity index (χ0v) is 18.3. The molecule has 0 saturated heterocycles. The zero-order chi connectivity index (χ0) is 22.3. The number of hydrogen-bond donors (Lipinski definition) is 2. The molecule has 8 nitrogen and oxygen atoms in total. The van der Waals surface area contributed by atoms with Crippen LogP contribution in [0, 0.1) is 0 Å². The van der Waals surface area contributed by atoms with Crippen LogP contribution in [0.25, 0.3) is 0 Å². The minimum atomic E-state index is -3.75. The second-order valence-corrected chi connectivity index (χ2v) is 8.59. The summed E-state index contributed by atoms with van der Waals surface area (Å²) < 4.78 is 32.3. The molecule has 0 radical (unpaired) electrons. The average molecular weight is 454 g/mol. The molecule has 10 heteroatoms. The lowest BCUT2D eigenvalue weighted by molar-refractivity contribution is -0.118. The molecule has 0 aromatic heterocycles. The van der Waals surface area contributed by atoms with Crippen LogP contribution in [0.4, 0.5) is 5.69 Å². The minimum Gasteiger partial charge on any atom is -0.491 e. The van der Waals surface area contributed by atoms with E-state index in [1.807, 2.05) is 0 Å². The number of ether oxygens (including phenoxy) is 1. The van der Waals surface area contributed by atoms with Gasteiger partial charge in [0.15, 0.2) is 0 Å². The third-order valence-electron chi connectivity index (χ3n) is 4.27. The van der Waals surface area contributed by atoms with Gasteiger partial charge < -0.3 is 15.8 Å². The molecular formula is C20H24ClN3O5S. The van der Waals surface area contributed by atoms with Gasteiger partial charge in [-0.25, -0.2) is 8.42 Å². The summed E-state index contributed by atoms with van der Waals surface area (Å²) in [5.41, 5.74) is 5.46. The first-order valence-electron chi connectivity index (χ1n) is 9.31. The molecule has 0 aliphatic carbocycles. The first kappa shape index (κ1) is 23.7. The van der Waals surface area contributed by atoms with Crippen LogP contribution in [-0.2, 0) is 14.8 Å². The van der Waals surface area contributed by atoms with Crippen molar-refractivity contribution < 1.29 is 22.7 Å². The van der Waals surface area contributed by atoms with Crippen LogP contribution in [-0.4, -0.2) is 44.2 Å². The van der Waals surface area contributed by atoms with Crippen molar-refractivity contribution in [3.63, 3.8) is 0 Å². The van der Waals surface area contributed by atoms with Gasteiger partial charge in [-0.15, -0.1) is 0 Å². The number of hydrogen-bond acceptors (Lipinski definition) is 5. The second-order valence-electron chi connectivity index (χ2n) is 6.25. The molecule has 0 aliphatic heterocycles. The van der Waals surface area contributed by atoms with Crippen molar-refractivity contribution in [1.82, 2.24) is 4.31 Å². The van der Waals surface area contributed by atoms with Gasteiger partial charge in [0.1, 0.15) is 5.75 Å². The molecule has 2 amide bonds. The maximum absolute atomic E-state index is 12.8. The number of primary amides is 1. The fourth-order valence-corrected chi connectivity index (χ4v) is 4.39. The number of para-hydroxylation sites is 2. The van der Waals surface area contributed by atoms with Crippen LogP contribution in [0.15, 0.2) is 47.4 Å². The van der Waals surface area contributed by atoms with Crippen molar-refractivity contribution in [2.24, 2.45) is 5.73 Å². The Labute approximate surface area is 181 Å². The van der Waals surface area contributed by atoms with Gasteiger partial charge in [0.05, 0.1) is 34.2 Å². The molecule has 3 N–H and O–H groups in total. The van der Waals surface area contributed by atoms with Gasteiger partial charge in [-0.1, -0.05) is 37.6 Å². The largest absolute Gasteiger partial charge is 0.491 e. The summed E-state index contributed by atoms with van der Waals surface area (Å²) in [6.07, 6.45) is 0.0272. The number of benzene rings is 2. The molecule has 0 spiro atoms. The number of rotatable bonds is 10. The van der Waals surface area contributed by atoms with Gasteiger partial charge in [0, 0.05) is 13.1 Å². The smallest absolute Gasteiger partial charge is 0.257 e. The Morgan fingerprint density at radius 2 is 1.80 bits per heavy atom. The van der Waals surface area contributed by atoms with E-state index < -0.39 is 21.8 Å². The third-order valence-corrected chi connectivity index (χ3v) is 6.64. The quantitative estimate of drug-likeness (QED) is 0.573. The summed E-state index contributed by atoms with van der Waals surface area (Å²) in [5, 5.41) is 2.78. The van der Waals surface area contributed by atoms with Crippen molar-refractivity contribution in [1.29, 1.82) is 0 Å². The van der Waals surface area contributed by atoms with E-state index >= 15 is 0 Å². The van der Waals surface area contributed by atoms with Crippen molar-refractivity contribution >= 4 is 39.1 Å². The third kappa shape index (κ3) is 5.71. The second kappa shape index (κ2) is 10.4. The summed E-state index contributed by atoms with van der Waals surface area (Å²) in [4.78, 5) is 23.7. The molecule has 2 rings (SSSR count). The summed E-state index contributed by atoms with van der Waals surface area (Å²) in [6, 6.07) is 10.6. The van der Waals surface area contributed by atoms with Crippen LogP contribution in [0.1, 0.15) is 30.6 Å². The molecule has 0 unspecified atom stereocenters. The Kier molecular flexibility index (Phi) is 8.22. The molecule has 162 valence electrons. The maximum Gasteiger partial charge on any atom is 0.257 e. The number of halogens is 1. The Morgan fingerprint density at radius 1 is 1.13 bits per heavy atom. The first-order chi connectivity index (χ1) is 14.2. The van der Waals surface area contributed by atoms with Crippen LogP contribution < -0.4 is 15.8 Å². The van der Waals surface area contributed by atoms with Crippen LogP contribution in [0.2, 0.25) is 5.02 Å². The zero-order valence-electron chi connectivity index (χ0n) is 16.7. The van der Waals surface area contributed by atoms with E-state index in [2.05, 4.69) is 5.32 Å². The van der Waals surface area contributed by atoms with E-state index in [4.69, 9.17) is 22.1 Å². The van der Waals surface area contributed by atoms with Gasteiger partial charge in [0.2, 0.25) is 15.9 Å². The maximum atomic E-state index is 12.8. The average Bonchev–Trinajstić information content (AvgIpc) is 2.69. The standard InChI is InChI=1S/C20H24ClN3O5S/c1-3-24(4-2)30(27,28)14-9-10-16(21)15(13-14)20(26)23-17-7-5-6-8-18(17)29-12-11-19(22)25/h5-10,13H,3-4,11-12H2,1-2H3,(H2,22,25)(H,23,26). The summed E-state index contributed by atoms with van der Waals surface area (Å²) in [7, 11) is -3.75. The Morgan fingerprint density at radius 3 is 2.43 bits per heavy atom. The molecule has 0 fully saturated rings. The molecule has 0 bridgehead atoms.